The average molecular weight is 366 g/mol. The van der Waals surface area contributed by atoms with E-state index in [0.717, 1.165) is 17.7 Å². The Hall–Kier alpha value is -3.28. The van der Waals surface area contributed by atoms with Crippen LogP contribution in [0.2, 0.25) is 0 Å². The van der Waals surface area contributed by atoms with Crippen LogP contribution in [-0.4, -0.2) is 32.6 Å². The fourth-order valence-corrected chi connectivity index (χ4v) is 2.99. The van der Waals surface area contributed by atoms with Gasteiger partial charge >= 0.3 is 0 Å². The van der Waals surface area contributed by atoms with Crippen LogP contribution in [0, 0.1) is 0 Å². The molecule has 0 aliphatic carbocycles. The van der Waals surface area contributed by atoms with Crippen molar-refractivity contribution in [3.05, 3.63) is 54.1 Å². The topological polar surface area (TPSA) is 67.9 Å². The predicted octanol–water partition coefficient (Wildman–Crippen LogP) is 3.48. The van der Waals surface area contributed by atoms with E-state index in [4.69, 9.17) is 9.47 Å². The third-order valence-corrected chi connectivity index (χ3v) is 4.33. The standard InChI is InChI=1S/C21H22N2O4/c1-26-16-12-15(13-17(14-16)27-2)9-10-20(24)22-18-6-3-4-7-19(18)23-11-5-8-21(23)25/h3-4,6-7,9-10,12-14H,5,8,11H2,1-2H3,(H,22,24). The maximum atomic E-state index is 12.4. The Morgan fingerprint density at radius 1 is 1.11 bits per heavy atom. The van der Waals surface area contributed by atoms with E-state index in [1.165, 1.54) is 6.08 Å². The quantitative estimate of drug-likeness (QED) is 0.795. The van der Waals surface area contributed by atoms with E-state index in [0.29, 0.717) is 30.2 Å². The van der Waals surface area contributed by atoms with Gasteiger partial charge in [-0.3, -0.25) is 9.59 Å². The number of ether oxygens (including phenoxy) is 2. The van der Waals surface area contributed by atoms with Crippen molar-refractivity contribution in [3.63, 3.8) is 0 Å². The molecule has 0 saturated carbocycles. The van der Waals surface area contributed by atoms with E-state index in [2.05, 4.69) is 5.32 Å². The largest absolute Gasteiger partial charge is 0.497 e. The van der Waals surface area contributed by atoms with Crippen LogP contribution in [0.25, 0.3) is 6.08 Å². The summed E-state index contributed by atoms with van der Waals surface area (Å²) in [7, 11) is 3.15. The van der Waals surface area contributed by atoms with E-state index < -0.39 is 0 Å². The summed E-state index contributed by atoms with van der Waals surface area (Å²) in [5.74, 6) is 1.09. The minimum absolute atomic E-state index is 0.0794. The molecule has 1 N–H and O–H groups in total. The number of para-hydroxylation sites is 2. The zero-order valence-electron chi connectivity index (χ0n) is 15.4. The second-order valence-corrected chi connectivity index (χ2v) is 6.13. The molecule has 6 heteroatoms. The van der Waals surface area contributed by atoms with Crippen LogP contribution >= 0.6 is 0 Å². The van der Waals surface area contributed by atoms with E-state index in [1.807, 2.05) is 30.3 Å². The molecule has 0 bridgehead atoms. The van der Waals surface area contributed by atoms with Gasteiger partial charge in [-0.1, -0.05) is 12.1 Å². The normalized spacial score (nSPS) is 13.9. The maximum Gasteiger partial charge on any atom is 0.248 e. The number of amides is 2. The average Bonchev–Trinajstić information content (AvgIpc) is 3.12. The van der Waals surface area contributed by atoms with E-state index in [9.17, 15) is 9.59 Å². The first-order valence-electron chi connectivity index (χ1n) is 8.72. The van der Waals surface area contributed by atoms with Gasteiger partial charge in [0.15, 0.2) is 0 Å². The van der Waals surface area contributed by atoms with E-state index >= 15 is 0 Å². The molecule has 2 amide bonds. The Balaban J connectivity index is 1.75. The Labute approximate surface area is 158 Å². The lowest BCUT2D eigenvalue weighted by molar-refractivity contribution is -0.117. The van der Waals surface area contributed by atoms with E-state index in [-0.39, 0.29) is 11.8 Å². The van der Waals surface area contributed by atoms with Crippen molar-refractivity contribution in [1.29, 1.82) is 0 Å². The number of nitrogens with one attached hydrogen (secondary N) is 1. The van der Waals surface area contributed by atoms with Gasteiger partial charge in [-0.15, -0.1) is 0 Å². The summed E-state index contributed by atoms with van der Waals surface area (Å²) in [5, 5.41) is 2.85. The molecule has 0 aromatic heterocycles. The lowest BCUT2D eigenvalue weighted by Gasteiger charge is -2.19. The first kappa shape index (κ1) is 18.5. The SMILES string of the molecule is COc1cc(C=CC(=O)Nc2ccccc2N2CCCC2=O)cc(OC)c1. The van der Waals surface area contributed by atoms with Crippen LogP contribution < -0.4 is 19.7 Å². The molecule has 1 aliphatic heterocycles. The maximum absolute atomic E-state index is 12.4. The first-order chi connectivity index (χ1) is 13.1. The molecule has 0 radical (unpaired) electrons. The zero-order valence-corrected chi connectivity index (χ0v) is 15.4. The van der Waals surface area contributed by atoms with Crippen LogP contribution in [0.5, 0.6) is 11.5 Å². The van der Waals surface area contributed by atoms with Gasteiger partial charge in [0.1, 0.15) is 11.5 Å². The number of anilines is 2. The molecule has 0 atom stereocenters. The lowest BCUT2D eigenvalue weighted by Crippen LogP contribution is -2.25. The zero-order chi connectivity index (χ0) is 19.2. The molecule has 1 saturated heterocycles. The first-order valence-corrected chi connectivity index (χ1v) is 8.72. The van der Waals surface area contributed by atoms with Crippen LogP contribution in [0.15, 0.2) is 48.5 Å². The third kappa shape index (κ3) is 4.47. The van der Waals surface area contributed by atoms with Crippen molar-refractivity contribution in [1.82, 2.24) is 0 Å². The molecular formula is C21H22N2O4. The van der Waals surface area contributed by atoms with Gasteiger partial charge in [0.25, 0.3) is 0 Å². The number of carbonyl (C=O) groups is 2. The fourth-order valence-electron chi connectivity index (χ4n) is 2.99. The van der Waals surface area contributed by atoms with Crippen molar-refractivity contribution in [3.8, 4) is 11.5 Å². The Morgan fingerprint density at radius 2 is 1.81 bits per heavy atom. The highest BCUT2D eigenvalue weighted by atomic mass is 16.5. The summed E-state index contributed by atoms with van der Waals surface area (Å²) in [6, 6.07) is 12.7. The minimum Gasteiger partial charge on any atom is -0.497 e. The van der Waals surface area contributed by atoms with Crippen molar-refractivity contribution >= 4 is 29.3 Å². The number of rotatable bonds is 6. The van der Waals surface area contributed by atoms with Gasteiger partial charge in [0.05, 0.1) is 25.6 Å². The molecule has 27 heavy (non-hydrogen) atoms. The van der Waals surface area contributed by atoms with Crippen LogP contribution in [0.3, 0.4) is 0 Å². The predicted molar refractivity (Wildman–Crippen MR) is 105 cm³/mol. The molecule has 2 aromatic carbocycles. The van der Waals surface area contributed by atoms with Crippen LogP contribution in [0.1, 0.15) is 18.4 Å². The van der Waals surface area contributed by atoms with Gasteiger partial charge in [-0.05, 0) is 42.3 Å². The van der Waals surface area contributed by atoms with Crippen LogP contribution in [-0.2, 0) is 9.59 Å². The van der Waals surface area contributed by atoms with Gasteiger partial charge in [0, 0.05) is 25.1 Å². The monoisotopic (exact) mass is 366 g/mol. The molecular weight excluding hydrogens is 344 g/mol. The minimum atomic E-state index is -0.282. The van der Waals surface area contributed by atoms with Gasteiger partial charge in [-0.25, -0.2) is 0 Å². The summed E-state index contributed by atoms with van der Waals surface area (Å²) >= 11 is 0. The van der Waals surface area contributed by atoms with Crippen molar-refractivity contribution in [2.24, 2.45) is 0 Å². The number of nitrogens with zero attached hydrogens (tertiary/aromatic N) is 1. The summed E-state index contributed by atoms with van der Waals surface area (Å²) in [6.07, 6.45) is 4.50. The van der Waals surface area contributed by atoms with Gasteiger partial charge in [0.2, 0.25) is 11.8 Å². The number of methoxy groups -OCH3 is 2. The lowest BCUT2D eigenvalue weighted by atomic mass is 10.2. The Bertz CT molecular complexity index is 854. The number of benzene rings is 2. The van der Waals surface area contributed by atoms with Gasteiger partial charge in [-0.2, -0.15) is 0 Å². The van der Waals surface area contributed by atoms with Crippen molar-refractivity contribution in [2.45, 2.75) is 12.8 Å². The number of hydrogen-bond donors (Lipinski definition) is 1. The molecule has 6 nitrogen and oxygen atoms in total. The highest BCUT2D eigenvalue weighted by Gasteiger charge is 2.23. The van der Waals surface area contributed by atoms with Gasteiger partial charge < -0.3 is 19.7 Å². The molecule has 2 aromatic rings. The van der Waals surface area contributed by atoms with Crippen molar-refractivity contribution < 1.29 is 19.1 Å². The summed E-state index contributed by atoms with van der Waals surface area (Å²) in [6.45, 7) is 0.672. The Kier molecular flexibility index (Phi) is 5.76. The van der Waals surface area contributed by atoms with E-state index in [1.54, 1.807) is 37.3 Å². The van der Waals surface area contributed by atoms with Crippen molar-refractivity contribution in [2.75, 3.05) is 31.0 Å². The summed E-state index contributed by atoms with van der Waals surface area (Å²) < 4.78 is 10.5. The molecule has 0 unspecified atom stereocenters. The number of carbonyl (C=O) groups excluding carboxylic acids is 2. The second-order valence-electron chi connectivity index (χ2n) is 6.13. The molecule has 1 heterocycles. The smallest absolute Gasteiger partial charge is 0.248 e. The number of hydrogen-bond acceptors (Lipinski definition) is 4. The van der Waals surface area contributed by atoms with Crippen LogP contribution in [0.4, 0.5) is 11.4 Å². The molecule has 0 spiro atoms. The third-order valence-electron chi connectivity index (χ3n) is 4.33. The fraction of sp³-hybridized carbons (Fsp3) is 0.238. The molecule has 1 aliphatic rings. The summed E-state index contributed by atoms with van der Waals surface area (Å²) in [5.41, 5.74) is 2.12. The highest BCUT2D eigenvalue weighted by Crippen LogP contribution is 2.29. The molecule has 3 rings (SSSR count). The Morgan fingerprint density at radius 3 is 2.44 bits per heavy atom. The summed E-state index contributed by atoms with van der Waals surface area (Å²) in [4.78, 5) is 26.1. The highest BCUT2D eigenvalue weighted by molar-refractivity contribution is 6.06. The second kappa shape index (κ2) is 8.40. The molecule has 1 fully saturated rings. The molecule has 140 valence electrons.